The van der Waals surface area contributed by atoms with Gasteiger partial charge < -0.3 is 25.0 Å². The highest BCUT2D eigenvalue weighted by Gasteiger charge is 2.38. The number of nitrogens with zero attached hydrogens (tertiary/aromatic N) is 6. The van der Waals surface area contributed by atoms with Crippen LogP contribution in [0.3, 0.4) is 0 Å². The van der Waals surface area contributed by atoms with Gasteiger partial charge in [-0.15, -0.1) is 0 Å². The Balaban J connectivity index is 1.39. The second-order valence-corrected chi connectivity index (χ2v) is 9.64. The summed E-state index contributed by atoms with van der Waals surface area (Å²) in [4.78, 5) is 34.6. The first-order valence-corrected chi connectivity index (χ1v) is 12.2. The van der Waals surface area contributed by atoms with Crippen LogP contribution in [-0.4, -0.2) is 76.2 Å². The number of pyridine rings is 1. The smallest absolute Gasteiger partial charge is 0.322 e. The highest BCUT2D eigenvalue weighted by atomic mass is 16.5. The molecule has 3 fully saturated rings. The first-order valence-electron chi connectivity index (χ1n) is 12.2. The molecular formula is C24H33N7O3. The standard InChI is InChI=1S/C24H33N7O3/c1-30(2)22(32)15-6-9-17(10-7-15)34-24-28-21(16-8-11-20(25)26-14-16)27-23(29-24)31-12-13-33-19-5-3-4-18(19)31/h8,11,14-15,17-19H,3-7,9-10,12-13H2,1-2H3,(H2,25,26). The van der Waals surface area contributed by atoms with Gasteiger partial charge in [-0.25, -0.2) is 4.98 Å². The van der Waals surface area contributed by atoms with E-state index in [-0.39, 0.29) is 30.1 Å². The van der Waals surface area contributed by atoms with Crippen molar-refractivity contribution in [3.05, 3.63) is 18.3 Å². The number of amides is 1. The van der Waals surface area contributed by atoms with Gasteiger partial charge in [-0.05, 0) is 57.1 Å². The largest absolute Gasteiger partial charge is 0.460 e. The summed E-state index contributed by atoms with van der Waals surface area (Å²) < 4.78 is 12.3. The maximum atomic E-state index is 12.3. The van der Waals surface area contributed by atoms with E-state index in [4.69, 9.17) is 25.2 Å². The number of anilines is 2. The van der Waals surface area contributed by atoms with Crippen LogP contribution in [0.25, 0.3) is 11.4 Å². The van der Waals surface area contributed by atoms with E-state index in [2.05, 4.69) is 14.9 Å². The van der Waals surface area contributed by atoms with Gasteiger partial charge in [0.25, 0.3) is 0 Å². The maximum absolute atomic E-state index is 12.3. The molecule has 10 nitrogen and oxygen atoms in total. The van der Waals surface area contributed by atoms with Gasteiger partial charge >= 0.3 is 6.01 Å². The number of hydrogen-bond donors (Lipinski definition) is 1. The van der Waals surface area contributed by atoms with Crippen LogP contribution in [-0.2, 0) is 9.53 Å². The predicted molar refractivity (Wildman–Crippen MR) is 127 cm³/mol. The molecule has 1 saturated heterocycles. The van der Waals surface area contributed by atoms with E-state index in [1.807, 2.05) is 20.2 Å². The first-order chi connectivity index (χ1) is 16.5. The van der Waals surface area contributed by atoms with Crippen molar-refractivity contribution in [2.75, 3.05) is 37.9 Å². The van der Waals surface area contributed by atoms with Gasteiger partial charge in [0, 0.05) is 38.3 Å². The Bertz CT molecular complexity index is 1010. The fourth-order valence-electron chi connectivity index (χ4n) is 5.31. The van der Waals surface area contributed by atoms with Gasteiger partial charge in [0.05, 0.1) is 18.8 Å². The molecule has 0 bridgehead atoms. The molecule has 2 atom stereocenters. The molecule has 5 rings (SSSR count). The quantitative estimate of drug-likeness (QED) is 0.706. The van der Waals surface area contributed by atoms with Gasteiger partial charge in [0.15, 0.2) is 5.82 Å². The Morgan fingerprint density at radius 3 is 2.68 bits per heavy atom. The average molecular weight is 468 g/mol. The van der Waals surface area contributed by atoms with Crippen LogP contribution < -0.4 is 15.4 Å². The van der Waals surface area contributed by atoms with Crippen LogP contribution in [0.2, 0.25) is 0 Å². The van der Waals surface area contributed by atoms with E-state index in [9.17, 15) is 4.79 Å². The lowest BCUT2D eigenvalue weighted by atomic mass is 9.86. The summed E-state index contributed by atoms with van der Waals surface area (Å²) in [5.74, 6) is 1.84. The lowest BCUT2D eigenvalue weighted by Gasteiger charge is -2.37. The number of carbonyl (C=O) groups excluding carboxylic acids is 1. The molecule has 2 N–H and O–H groups in total. The zero-order valence-corrected chi connectivity index (χ0v) is 19.9. The monoisotopic (exact) mass is 467 g/mol. The molecule has 2 unspecified atom stereocenters. The molecule has 34 heavy (non-hydrogen) atoms. The van der Waals surface area contributed by atoms with Crippen molar-refractivity contribution in [2.24, 2.45) is 5.92 Å². The SMILES string of the molecule is CN(C)C(=O)C1CCC(Oc2nc(-c3ccc(N)nc3)nc(N3CCOC4CCCC43)n2)CC1. The topological polar surface area (TPSA) is 120 Å². The summed E-state index contributed by atoms with van der Waals surface area (Å²) in [6.45, 7) is 1.40. The molecule has 3 aliphatic rings. The molecule has 1 aliphatic heterocycles. The van der Waals surface area contributed by atoms with Crippen molar-refractivity contribution >= 4 is 17.7 Å². The van der Waals surface area contributed by atoms with Crippen LogP contribution in [0.15, 0.2) is 18.3 Å². The number of nitrogens with two attached hydrogens (primary N) is 1. The molecule has 3 heterocycles. The van der Waals surface area contributed by atoms with E-state index in [0.29, 0.717) is 30.2 Å². The highest BCUT2D eigenvalue weighted by molar-refractivity contribution is 5.78. The molecule has 2 aliphatic carbocycles. The number of rotatable bonds is 5. The van der Waals surface area contributed by atoms with Crippen LogP contribution in [0.5, 0.6) is 6.01 Å². The summed E-state index contributed by atoms with van der Waals surface area (Å²) in [6, 6.07) is 4.19. The Labute approximate surface area is 199 Å². The van der Waals surface area contributed by atoms with Gasteiger partial charge in [0.1, 0.15) is 11.9 Å². The van der Waals surface area contributed by atoms with Gasteiger partial charge in [0.2, 0.25) is 11.9 Å². The minimum Gasteiger partial charge on any atom is -0.460 e. The van der Waals surface area contributed by atoms with Crippen LogP contribution in [0.4, 0.5) is 11.8 Å². The zero-order valence-electron chi connectivity index (χ0n) is 19.9. The molecule has 182 valence electrons. The Hall–Kier alpha value is -3.01. The number of nitrogen functional groups attached to an aromatic ring is 1. The summed E-state index contributed by atoms with van der Waals surface area (Å²) in [5.41, 5.74) is 6.54. The molecule has 0 aromatic carbocycles. The van der Waals surface area contributed by atoms with Crippen molar-refractivity contribution in [1.82, 2.24) is 24.8 Å². The number of fused-ring (bicyclic) bond motifs is 1. The third-order valence-corrected chi connectivity index (χ3v) is 7.12. The molecular weight excluding hydrogens is 434 g/mol. The van der Waals surface area contributed by atoms with E-state index < -0.39 is 0 Å². The number of ether oxygens (including phenoxy) is 2. The van der Waals surface area contributed by atoms with Crippen LogP contribution in [0, 0.1) is 5.92 Å². The summed E-state index contributed by atoms with van der Waals surface area (Å²) >= 11 is 0. The van der Waals surface area contributed by atoms with Crippen molar-refractivity contribution in [1.29, 1.82) is 0 Å². The van der Waals surface area contributed by atoms with Gasteiger partial charge in [-0.3, -0.25) is 4.79 Å². The molecule has 2 aromatic heterocycles. The minimum absolute atomic E-state index is 0.0252. The maximum Gasteiger partial charge on any atom is 0.322 e. The number of hydrogen-bond acceptors (Lipinski definition) is 9. The molecule has 1 amide bonds. The number of aromatic nitrogens is 4. The normalized spacial score (nSPS) is 26.7. The summed E-state index contributed by atoms with van der Waals surface area (Å²) in [5, 5.41) is 0. The Morgan fingerprint density at radius 1 is 1.12 bits per heavy atom. The zero-order chi connectivity index (χ0) is 23.7. The predicted octanol–water partition coefficient (Wildman–Crippen LogP) is 2.30. The van der Waals surface area contributed by atoms with Crippen LogP contribution in [0.1, 0.15) is 44.9 Å². The van der Waals surface area contributed by atoms with Crippen molar-refractivity contribution in [2.45, 2.75) is 63.2 Å². The van der Waals surface area contributed by atoms with E-state index >= 15 is 0 Å². The number of morpholine rings is 1. The second-order valence-electron chi connectivity index (χ2n) is 9.64. The first kappa shape index (κ1) is 22.8. The fraction of sp³-hybridized carbons (Fsp3) is 0.625. The third kappa shape index (κ3) is 4.77. The lowest BCUT2D eigenvalue weighted by molar-refractivity contribution is -0.134. The second kappa shape index (κ2) is 9.69. The molecule has 10 heteroatoms. The van der Waals surface area contributed by atoms with E-state index in [0.717, 1.165) is 57.1 Å². The average Bonchev–Trinajstić information content (AvgIpc) is 3.33. The summed E-state index contributed by atoms with van der Waals surface area (Å²) in [7, 11) is 3.62. The van der Waals surface area contributed by atoms with E-state index in [1.165, 1.54) is 0 Å². The van der Waals surface area contributed by atoms with Crippen molar-refractivity contribution in [3.63, 3.8) is 0 Å². The third-order valence-electron chi connectivity index (χ3n) is 7.12. The Morgan fingerprint density at radius 2 is 1.94 bits per heavy atom. The summed E-state index contributed by atoms with van der Waals surface area (Å²) in [6.07, 6.45) is 8.36. The molecule has 0 spiro atoms. The van der Waals surface area contributed by atoms with Crippen molar-refractivity contribution in [3.8, 4) is 17.4 Å². The van der Waals surface area contributed by atoms with Gasteiger partial charge in [-0.2, -0.15) is 15.0 Å². The van der Waals surface area contributed by atoms with Gasteiger partial charge in [-0.1, -0.05) is 0 Å². The molecule has 2 aromatic rings. The lowest BCUT2D eigenvalue weighted by Crippen LogP contribution is -2.49. The highest BCUT2D eigenvalue weighted by Crippen LogP contribution is 2.34. The minimum atomic E-state index is -0.0252. The number of carbonyl (C=O) groups is 1. The fourth-order valence-corrected chi connectivity index (χ4v) is 5.31. The van der Waals surface area contributed by atoms with Crippen molar-refractivity contribution < 1.29 is 14.3 Å². The van der Waals surface area contributed by atoms with Crippen LogP contribution >= 0.6 is 0 Å². The molecule has 0 radical (unpaired) electrons. The Kier molecular flexibility index (Phi) is 6.49. The van der Waals surface area contributed by atoms with E-state index in [1.54, 1.807) is 17.2 Å². The molecule has 2 saturated carbocycles.